The minimum atomic E-state index is -0.154. The number of nitrogens with zero attached hydrogens (tertiary/aromatic N) is 1. The Bertz CT molecular complexity index is 1220. The normalized spacial score (nSPS) is 12.9. The number of rotatable bonds is 5. The molecule has 0 saturated heterocycles. The zero-order valence-corrected chi connectivity index (χ0v) is 16.0. The van der Waals surface area contributed by atoms with Crippen molar-refractivity contribution in [1.82, 2.24) is 0 Å². The Hall–Kier alpha value is -3.53. The van der Waals surface area contributed by atoms with E-state index in [0.717, 1.165) is 29.3 Å². The summed E-state index contributed by atoms with van der Waals surface area (Å²) in [7, 11) is 0. The standard InChI is InChI=1S/C25H21NO3/c27-24-14-21(15-26-13-12-19-7-2-4-11-23(19)26)28-17-25(24)29-16-20-9-5-8-18-6-1-3-10-22(18)20/h1-11,14,17H,12-13,15-16H2. The lowest BCUT2D eigenvalue weighted by Crippen LogP contribution is -2.20. The molecule has 4 heteroatoms. The Labute approximate surface area is 169 Å². The molecule has 0 spiro atoms. The lowest BCUT2D eigenvalue weighted by Gasteiger charge is -2.18. The van der Waals surface area contributed by atoms with Crippen molar-refractivity contribution < 1.29 is 9.15 Å². The van der Waals surface area contributed by atoms with Crippen molar-refractivity contribution in [3.05, 3.63) is 106 Å². The molecule has 4 aromatic rings. The van der Waals surface area contributed by atoms with E-state index in [1.165, 1.54) is 17.5 Å². The number of benzene rings is 3. The first kappa shape index (κ1) is 17.6. The summed E-state index contributed by atoms with van der Waals surface area (Å²) in [5, 5.41) is 2.28. The quantitative estimate of drug-likeness (QED) is 0.490. The van der Waals surface area contributed by atoms with Crippen LogP contribution in [0.1, 0.15) is 16.9 Å². The molecule has 1 aliphatic rings. The maximum absolute atomic E-state index is 12.5. The van der Waals surface area contributed by atoms with Gasteiger partial charge in [-0.05, 0) is 34.4 Å². The Balaban J connectivity index is 1.31. The van der Waals surface area contributed by atoms with Gasteiger partial charge in [0.05, 0.1) is 6.54 Å². The van der Waals surface area contributed by atoms with Gasteiger partial charge >= 0.3 is 0 Å². The average molecular weight is 383 g/mol. The van der Waals surface area contributed by atoms with Crippen molar-refractivity contribution in [1.29, 1.82) is 0 Å². The van der Waals surface area contributed by atoms with Gasteiger partial charge in [-0.15, -0.1) is 0 Å². The maximum Gasteiger partial charge on any atom is 0.227 e. The van der Waals surface area contributed by atoms with E-state index >= 15 is 0 Å². The van der Waals surface area contributed by atoms with E-state index in [4.69, 9.17) is 9.15 Å². The van der Waals surface area contributed by atoms with Gasteiger partial charge in [0.1, 0.15) is 18.6 Å². The predicted octanol–water partition coefficient (Wildman–Crippen LogP) is 4.93. The van der Waals surface area contributed by atoms with Gasteiger partial charge in [-0.1, -0.05) is 60.7 Å². The van der Waals surface area contributed by atoms with E-state index in [-0.39, 0.29) is 11.2 Å². The molecule has 0 atom stereocenters. The molecule has 29 heavy (non-hydrogen) atoms. The van der Waals surface area contributed by atoms with E-state index in [2.05, 4.69) is 41.3 Å². The molecule has 0 saturated carbocycles. The smallest absolute Gasteiger partial charge is 0.227 e. The number of fused-ring (bicyclic) bond motifs is 2. The molecule has 0 aliphatic carbocycles. The fraction of sp³-hybridized carbons (Fsp3) is 0.160. The van der Waals surface area contributed by atoms with Gasteiger partial charge < -0.3 is 14.1 Å². The Morgan fingerprint density at radius 1 is 0.966 bits per heavy atom. The highest BCUT2D eigenvalue weighted by atomic mass is 16.5. The second kappa shape index (κ2) is 7.47. The third-order valence-corrected chi connectivity index (χ3v) is 5.45. The van der Waals surface area contributed by atoms with Gasteiger partial charge in [0.2, 0.25) is 11.2 Å². The van der Waals surface area contributed by atoms with Gasteiger partial charge in [0.15, 0.2) is 0 Å². The number of hydrogen-bond acceptors (Lipinski definition) is 4. The minimum Gasteiger partial charge on any atom is -0.482 e. The van der Waals surface area contributed by atoms with Crippen LogP contribution in [0.25, 0.3) is 10.8 Å². The van der Waals surface area contributed by atoms with Gasteiger partial charge in [-0.2, -0.15) is 0 Å². The molecule has 0 N–H and O–H groups in total. The van der Waals surface area contributed by atoms with E-state index in [1.807, 2.05) is 30.3 Å². The first-order valence-electron chi connectivity index (χ1n) is 9.82. The van der Waals surface area contributed by atoms with Crippen molar-refractivity contribution in [2.75, 3.05) is 11.4 Å². The van der Waals surface area contributed by atoms with Crippen LogP contribution in [-0.4, -0.2) is 6.54 Å². The van der Waals surface area contributed by atoms with E-state index < -0.39 is 0 Å². The van der Waals surface area contributed by atoms with Crippen LogP contribution in [0, 0.1) is 0 Å². The lowest BCUT2D eigenvalue weighted by molar-refractivity contribution is 0.291. The summed E-state index contributed by atoms with van der Waals surface area (Å²) in [4.78, 5) is 14.8. The fourth-order valence-electron chi connectivity index (χ4n) is 3.96. The second-order valence-corrected chi connectivity index (χ2v) is 7.30. The molecule has 3 aromatic carbocycles. The molecule has 0 unspecified atom stereocenters. The number of anilines is 1. The Kier molecular flexibility index (Phi) is 4.53. The first-order chi connectivity index (χ1) is 14.3. The van der Waals surface area contributed by atoms with Crippen molar-refractivity contribution in [2.45, 2.75) is 19.6 Å². The zero-order valence-electron chi connectivity index (χ0n) is 16.0. The Morgan fingerprint density at radius 3 is 2.72 bits per heavy atom. The van der Waals surface area contributed by atoms with Crippen molar-refractivity contribution in [2.24, 2.45) is 0 Å². The summed E-state index contributed by atoms with van der Waals surface area (Å²) < 4.78 is 11.5. The summed E-state index contributed by atoms with van der Waals surface area (Å²) in [6.45, 7) is 1.84. The second-order valence-electron chi connectivity index (χ2n) is 7.30. The first-order valence-corrected chi connectivity index (χ1v) is 9.82. The van der Waals surface area contributed by atoms with Crippen molar-refractivity contribution in [3.8, 4) is 5.75 Å². The highest BCUT2D eigenvalue weighted by Gasteiger charge is 2.19. The van der Waals surface area contributed by atoms with Crippen molar-refractivity contribution in [3.63, 3.8) is 0 Å². The molecule has 0 amide bonds. The number of para-hydroxylation sites is 1. The molecule has 4 nitrogen and oxygen atoms in total. The molecule has 1 aromatic heterocycles. The van der Waals surface area contributed by atoms with Gasteiger partial charge in [0, 0.05) is 18.3 Å². The molecule has 144 valence electrons. The average Bonchev–Trinajstić information content (AvgIpc) is 3.16. The van der Waals surface area contributed by atoms with Crippen LogP contribution in [0.2, 0.25) is 0 Å². The molecule has 5 rings (SSSR count). The highest BCUT2D eigenvalue weighted by molar-refractivity contribution is 5.85. The zero-order chi connectivity index (χ0) is 19.6. The third-order valence-electron chi connectivity index (χ3n) is 5.45. The van der Waals surface area contributed by atoms with E-state index in [0.29, 0.717) is 18.9 Å². The fourth-order valence-corrected chi connectivity index (χ4v) is 3.96. The molecule has 2 heterocycles. The molecular formula is C25H21NO3. The predicted molar refractivity (Wildman–Crippen MR) is 114 cm³/mol. The topological polar surface area (TPSA) is 42.7 Å². The van der Waals surface area contributed by atoms with Crippen LogP contribution in [0.5, 0.6) is 5.75 Å². The maximum atomic E-state index is 12.5. The van der Waals surface area contributed by atoms with E-state index in [9.17, 15) is 4.79 Å². The molecular weight excluding hydrogens is 362 g/mol. The van der Waals surface area contributed by atoms with Crippen LogP contribution < -0.4 is 15.1 Å². The lowest BCUT2D eigenvalue weighted by atomic mass is 10.1. The van der Waals surface area contributed by atoms with Crippen LogP contribution in [0.3, 0.4) is 0 Å². The summed E-state index contributed by atoms with van der Waals surface area (Å²) in [5.74, 6) is 0.882. The Morgan fingerprint density at radius 2 is 1.79 bits per heavy atom. The van der Waals surface area contributed by atoms with Crippen LogP contribution in [0.15, 0.2) is 88.3 Å². The highest BCUT2D eigenvalue weighted by Crippen LogP contribution is 2.28. The van der Waals surface area contributed by atoms with E-state index in [1.54, 1.807) is 6.07 Å². The molecule has 0 fully saturated rings. The van der Waals surface area contributed by atoms with Crippen LogP contribution in [0.4, 0.5) is 5.69 Å². The number of hydrogen-bond donors (Lipinski definition) is 0. The molecule has 0 bridgehead atoms. The third kappa shape index (κ3) is 3.49. The summed E-state index contributed by atoms with van der Waals surface area (Å²) in [6.07, 6.45) is 2.46. The summed E-state index contributed by atoms with van der Waals surface area (Å²) >= 11 is 0. The SMILES string of the molecule is O=c1cc(CN2CCc3ccccc32)occ1OCc1cccc2ccccc12. The number of ether oxygens (including phenoxy) is 1. The summed E-state index contributed by atoms with van der Waals surface area (Å²) in [5.41, 5.74) is 3.44. The molecule has 1 aliphatic heterocycles. The minimum absolute atomic E-state index is 0.154. The molecule has 0 radical (unpaired) electrons. The van der Waals surface area contributed by atoms with Crippen LogP contribution in [-0.2, 0) is 19.6 Å². The largest absolute Gasteiger partial charge is 0.482 e. The van der Waals surface area contributed by atoms with Gasteiger partial charge in [-0.25, -0.2) is 0 Å². The summed E-state index contributed by atoms with van der Waals surface area (Å²) in [6, 6.07) is 24.1. The van der Waals surface area contributed by atoms with Crippen LogP contribution >= 0.6 is 0 Å². The monoisotopic (exact) mass is 383 g/mol. The van der Waals surface area contributed by atoms with Gasteiger partial charge in [-0.3, -0.25) is 4.79 Å². The van der Waals surface area contributed by atoms with Crippen molar-refractivity contribution >= 4 is 16.5 Å². The van der Waals surface area contributed by atoms with Gasteiger partial charge in [0.25, 0.3) is 0 Å².